The molecule has 1 aromatic rings. The quantitative estimate of drug-likeness (QED) is 0.646. The number of anilines is 2. The minimum Gasteiger partial charge on any atom is -0.368 e. The first-order chi connectivity index (χ1) is 7.34. The highest BCUT2D eigenvalue weighted by molar-refractivity contribution is 5.29. The second-order valence-electron chi connectivity index (χ2n) is 4.26. The Bertz CT molecular complexity index is 290. The van der Waals surface area contributed by atoms with Gasteiger partial charge in [-0.3, -0.25) is 0 Å². The van der Waals surface area contributed by atoms with E-state index in [4.69, 9.17) is 5.73 Å². The van der Waals surface area contributed by atoms with Gasteiger partial charge in [0.15, 0.2) is 0 Å². The number of hydrogen-bond donors (Lipinski definition) is 3. The molecule has 0 unspecified atom stereocenters. The molecule has 5 heteroatoms. The Morgan fingerprint density at radius 2 is 2.20 bits per heavy atom. The summed E-state index contributed by atoms with van der Waals surface area (Å²) in [6, 6.07) is 0. The zero-order valence-electron chi connectivity index (χ0n) is 9.00. The highest BCUT2D eigenvalue weighted by Gasteiger charge is 2.13. The van der Waals surface area contributed by atoms with Gasteiger partial charge in [-0.2, -0.15) is 4.98 Å². The third-order valence-corrected chi connectivity index (χ3v) is 3.05. The first-order valence-electron chi connectivity index (χ1n) is 5.76. The number of nitrogens with zero attached hydrogens (tertiary/aromatic N) is 2. The van der Waals surface area contributed by atoms with Gasteiger partial charge in [0.05, 0.1) is 0 Å². The molecule has 1 saturated carbocycles. The SMILES string of the molecule is Nc1nc(NCCCC2CCCC2)n[nH]1. The van der Waals surface area contributed by atoms with Crippen molar-refractivity contribution in [3.63, 3.8) is 0 Å². The molecule has 0 aromatic carbocycles. The van der Waals surface area contributed by atoms with E-state index in [9.17, 15) is 0 Å². The van der Waals surface area contributed by atoms with Crippen molar-refractivity contribution in [3.05, 3.63) is 0 Å². The molecule has 0 bridgehead atoms. The van der Waals surface area contributed by atoms with E-state index in [1.165, 1.54) is 38.5 Å². The summed E-state index contributed by atoms with van der Waals surface area (Å²) in [6.45, 7) is 0.938. The summed E-state index contributed by atoms with van der Waals surface area (Å²) in [5, 5.41) is 9.67. The normalized spacial score (nSPS) is 17.1. The molecule has 0 radical (unpaired) electrons. The maximum atomic E-state index is 5.41. The van der Waals surface area contributed by atoms with Gasteiger partial charge in [0.25, 0.3) is 0 Å². The van der Waals surface area contributed by atoms with Crippen LogP contribution in [0.2, 0.25) is 0 Å². The van der Waals surface area contributed by atoms with Crippen LogP contribution in [0, 0.1) is 5.92 Å². The molecular weight excluding hydrogens is 190 g/mol. The van der Waals surface area contributed by atoms with Crippen LogP contribution in [0.1, 0.15) is 38.5 Å². The highest BCUT2D eigenvalue weighted by atomic mass is 15.3. The van der Waals surface area contributed by atoms with Crippen molar-refractivity contribution in [3.8, 4) is 0 Å². The highest BCUT2D eigenvalue weighted by Crippen LogP contribution is 2.28. The molecule has 5 nitrogen and oxygen atoms in total. The summed E-state index contributed by atoms with van der Waals surface area (Å²) in [5.41, 5.74) is 5.41. The molecular formula is C10H19N5. The van der Waals surface area contributed by atoms with Crippen LogP contribution in [0.25, 0.3) is 0 Å². The van der Waals surface area contributed by atoms with Crippen molar-refractivity contribution in [1.82, 2.24) is 15.2 Å². The average Bonchev–Trinajstić information content (AvgIpc) is 2.84. The van der Waals surface area contributed by atoms with Crippen LogP contribution in [0.15, 0.2) is 0 Å². The molecule has 1 aliphatic carbocycles. The fraction of sp³-hybridized carbons (Fsp3) is 0.800. The van der Waals surface area contributed by atoms with Crippen molar-refractivity contribution < 1.29 is 0 Å². The third kappa shape index (κ3) is 3.11. The van der Waals surface area contributed by atoms with Gasteiger partial charge in [0.2, 0.25) is 11.9 Å². The van der Waals surface area contributed by atoms with Gasteiger partial charge in [-0.05, 0) is 18.8 Å². The van der Waals surface area contributed by atoms with Gasteiger partial charge in [-0.25, -0.2) is 5.10 Å². The molecule has 1 heterocycles. The van der Waals surface area contributed by atoms with Crippen LogP contribution in [0.5, 0.6) is 0 Å². The summed E-state index contributed by atoms with van der Waals surface area (Å²) in [5.74, 6) is 1.94. The van der Waals surface area contributed by atoms with E-state index in [-0.39, 0.29) is 0 Å². The van der Waals surface area contributed by atoms with Gasteiger partial charge < -0.3 is 11.1 Å². The maximum Gasteiger partial charge on any atom is 0.243 e. The van der Waals surface area contributed by atoms with E-state index in [1.807, 2.05) is 0 Å². The van der Waals surface area contributed by atoms with Crippen LogP contribution in [-0.4, -0.2) is 21.7 Å². The van der Waals surface area contributed by atoms with Crippen molar-refractivity contribution in [2.24, 2.45) is 5.92 Å². The number of aromatic nitrogens is 3. The number of nitrogens with one attached hydrogen (secondary N) is 2. The summed E-state index contributed by atoms with van der Waals surface area (Å²) < 4.78 is 0. The monoisotopic (exact) mass is 209 g/mol. The number of aromatic amines is 1. The Kier molecular flexibility index (Phi) is 3.42. The molecule has 1 aliphatic rings. The Labute approximate surface area is 89.9 Å². The van der Waals surface area contributed by atoms with E-state index >= 15 is 0 Å². The minimum atomic E-state index is 0.369. The molecule has 84 valence electrons. The van der Waals surface area contributed by atoms with Crippen LogP contribution < -0.4 is 11.1 Å². The van der Waals surface area contributed by atoms with Crippen molar-refractivity contribution >= 4 is 11.9 Å². The Hall–Kier alpha value is -1.26. The van der Waals surface area contributed by atoms with Gasteiger partial charge in [-0.15, -0.1) is 5.10 Å². The summed E-state index contributed by atoms with van der Waals surface area (Å²) >= 11 is 0. The average molecular weight is 209 g/mol. The fourth-order valence-electron chi connectivity index (χ4n) is 2.24. The first-order valence-corrected chi connectivity index (χ1v) is 5.76. The number of rotatable bonds is 5. The summed E-state index contributed by atoms with van der Waals surface area (Å²) in [6.07, 6.45) is 8.22. The fourth-order valence-corrected chi connectivity index (χ4v) is 2.24. The Morgan fingerprint density at radius 3 is 2.87 bits per heavy atom. The Balaban J connectivity index is 1.58. The number of hydrogen-bond acceptors (Lipinski definition) is 4. The first kappa shape index (κ1) is 10.3. The molecule has 2 rings (SSSR count). The van der Waals surface area contributed by atoms with Crippen LogP contribution in [0.4, 0.5) is 11.9 Å². The largest absolute Gasteiger partial charge is 0.368 e. The zero-order chi connectivity index (χ0) is 10.5. The molecule has 15 heavy (non-hydrogen) atoms. The van der Waals surface area contributed by atoms with E-state index in [2.05, 4.69) is 20.5 Å². The predicted molar refractivity (Wildman–Crippen MR) is 60.5 cm³/mol. The number of H-pyrrole nitrogens is 1. The zero-order valence-corrected chi connectivity index (χ0v) is 9.00. The predicted octanol–water partition coefficient (Wildman–Crippen LogP) is 1.77. The second kappa shape index (κ2) is 5.00. The number of nitrogens with two attached hydrogens (primary N) is 1. The topological polar surface area (TPSA) is 79.6 Å². The standard InChI is InChI=1S/C10H19N5/c11-9-13-10(15-14-9)12-7-3-6-8-4-1-2-5-8/h8H,1-7H2,(H4,11,12,13,14,15). The van der Waals surface area contributed by atoms with E-state index in [0.29, 0.717) is 11.9 Å². The molecule has 1 fully saturated rings. The lowest BCUT2D eigenvalue weighted by molar-refractivity contribution is 0.491. The lowest BCUT2D eigenvalue weighted by Crippen LogP contribution is -2.05. The van der Waals surface area contributed by atoms with E-state index in [1.54, 1.807) is 0 Å². The molecule has 0 atom stereocenters. The van der Waals surface area contributed by atoms with E-state index < -0.39 is 0 Å². The lowest BCUT2D eigenvalue weighted by Gasteiger charge is -2.07. The lowest BCUT2D eigenvalue weighted by atomic mass is 10.0. The molecule has 0 spiro atoms. The molecule has 4 N–H and O–H groups in total. The smallest absolute Gasteiger partial charge is 0.243 e. The summed E-state index contributed by atoms with van der Waals surface area (Å²) in [4.78, 5) is 3.98. The molecule has 1 aromatic heterocycles. The molecule has 0 amide bonds. The third-order valence-electron chi connectivity index (χ3n) is 3.05. The van der Waals surface area contributed by atoms with E-state index in [0.717, 1.165) is 12.5 Å². The van der Waals surface area contributed by atoms with Crippen LogP contribution in [-0.2, 0) is 0 Å². The van der Waals surface area contributed by atoms with Crippen molar-refractivity contribution in [2.75, 3.05) is 17.6 Å². The number of nitrogen functional groups attached to an aromatic ring is 1. The van der Waals surface area contributed by atoms with Gasteiger partial charge >= 0.3 is 0 Å². The second-order valence-corrected chi connectivity index (χ2v) is 4.26. The van der Waals surface area contributed by atoms with Gasteiger partial charge in [-0.1, -0.05) is 25.7 Å². The van der Waals surface area contributed by atoms with Gasteiger partial charge in [0.1, 0.15) is 0 Å². The molecule has 0 saturated heterocycles. The summed E-state index contributed by atoms with van der Waals surface area (Å²) in [7, 11) is 0. The van der Waals surface area contributed by atoms with Crippen LogP contribution in [0.3, 0.4) is 0 Å². The molecule has 0 aliphatic heterocycles. The van der Waals surface area contributed by atoms with Crippen LogP contribution >= 0.6 is 0 Å². The minimum absolute atomic E-state index is 0.369. The Morgan fingerprint density at radius 1 is 1.40 bits per heavy atom. The maximum absolute atomic E-state index is 5.41. The van der Waals surface area contributed by atoms with Gasteiger partial charge in [0, 0.05) is 6.54 Å². The van der Waals surface area contributed by atoms with Crippen molar-refractivity contribution in [1.29, 1.82) is 0 Å². The van der Waals surface area contributed by atoms with Crippen molar-refractivity contribution in [2.45, 2.75) is 38.5 Å².